The van der Waals surface area contributed by atoms with Gasteiger partial charge in [0.05, 0.1) is 23.6 Å². The standard InChI is InChI=1S/C13H22N4O2/c1-4-12-11(9-10(2)15-16-12)13(18)17(6-5-14)7-8-19-3/h9H,4-8,14H2,1-3H3. The third-order valence-electron chi connectivity index (χ3n) is 2.81. The van der Waals surface area contributed by atoms with Gasteiger partial charge in [0, 0.05) is 26.7 Å². The third kappa shape index (κ3) is 4.25. The molecule has 0 unspecified atom stereocenters. The molecule has 0 fully saturated rings. The summed E-state index contributed by atoms with van der Waals surface area (Å²) in [4.78, 5) is 14.2. The predicted octanol–water partition coefficient (Wildman–Crippen LogP) is 0.395. The first-order chi connectivity index (χ1) is 9.13. The molecule has 0 aliphatic heterocycles. The van der Waals surface area contributed by atoms with Crippen molar-refractivity contribution in [2.45, 2.75) is 20.3 Å². The maximum absolute atomic E-state index is 12.5. The first-order valence-electron chi connectivity index (χ1n) is 6.45. The van der Waals surface area contributed by atoms with Crippen LogP contribution in [0.25, 0.3) is 0 Å². The monoisotopic (exact) mass is 266 g/mol. The number of nitrogens with zero attached hydrogens (tertiary/aromatic N) is 3. The fourth-order valence-corrected chi connectivity index (χ4v) is 1.80. The molecule has 0 spiro atoms. The van der Waals surface area contributed by atoms with E-state index in [1.807, 2.05) is 13.8 Å². The number of carbonyl (C=O) groups excluding carboxylic acids is 1. The van der Waals surface area contributed by atoms with Crippen LogP contribution in [0.15, 0.2) is 6.07 Å². The van der Waals surface area contributed by atoms with E-state index in [9.17, 15) is 4.79 Å². The quantitative estimate of drug-likeness (QED) is 0.772. The Hall–Kier alpha value is -1.53. The van der Waals surface area contributed by atoms with Gasteiger partial charge in [0.2, 0.25) is 0 Å². The summed E-state index contributed by atoms with van der Waals surface area (Å²) in [5.41, 5.74) is 7.62. The molecule has 0 aliphatic carbocycles. The van der Waals surface area contributed by atoms with E-state index in [0.29, 0.717) is 38.2 Å². The smallest absolute Gasteiger partial charge is 0.255 e. The molecule has 1 heterocycles. The lowest BCUT2D eigenvalue weighted by molar-refractivity contribution is 0.0699. The highest BCUT2D eigenvalue weighted by Gasteiger charge is 2.19. The van der Waals surface area contributed by atoms with Crippen LogP contribution >= 0.6 is 0 Å². The zero-order valence-electron chi connectivity index (χ0n) is 11.8. The van der Waals surface area contributed by atoms with Crippen LogP contribution in [0, 0.1) is 6.92 Å². The second-order valence-corrected chi connectivity index (χ2v) is 4.27. The van der Waals surface area contributed by atoms with Crippen LogP contribution in [0.4, 0.5) is 0 Å². The van der Waals surface area contributed by atoms with Crippen molar-refractivity contribution in [2.75, 3.05) is 33.4 Å². The van der Waals surface area contributed by atoms with Crippen molar-refractivity contribution in [3.63, 3.8) is 0 Å². The highest BCUT2D eigenvalue weighted by molar-refractivity contribution is 5.95. The van der Waals surface area contributed by atoms with E-state index in [1.54, 1.807) is 18.1 Å². The summed E-state index contributed by atoms with van der Waals surface area (Å²) in [6, 6.07) is 1.78. The lowest BCUT2D eigenvalue weighted by Gasteiger charge is -2.22. The van der Waals surface area contributed by atoms with Gasteiger partial charge < -0.3 is 15.4 Å². The second-order valence-electron chi connectivity index (χ2n) is 4.27. The minimum Gasteiger partial charge on any atom is -0.383 e. The molecule has 2 N–H and O–H groups in total. The van der Waals surface area contributed by atoms with Crippen LogP contribution in [0.1, 0.15) is 28.7 Å². The van der Waals surface area contributed by atoms with E-state index in [0.717, 1.165) is 11.4 Å². The van der Waals surface area contributed by atoms with Crippen molar-refractivity contribution in [3.8, 4) is 0 Å². The number of nitrogens with two attached hydrogens (primary N) is 1. The number of carbonyl (C=O) groups is 1. The number of hydrogen-bond acceptors (Lipinski definition) is 5. The molecule has 0 radical (unpaired) electrons. The largest absolute Gasteiger partial charge is 0.383 e. The predicted molar refractivity (Wildman–Crippen MR) is 73.0 cm³/mol. The fourth-order valence-electron chi connectivity index (χ4n) is 1.80. The number of hydrogen-bond donors (Lipinski definition) is 1. The van der Waals surface area contributed by atoms with Gasteiger partial charge >= 0.3 is 0 Å². The van der Waals surface area contributed by atoms with Gasteiger partial charge in [0.1, 0.15) is 0 Å². The van der Waals surface area contributed by atoms with Crippen molar-refractivity contribution in [2.24, 2.45) is 5.73 Å². The van der Waals surface area contributed by atoms with Gasteiger partial charge in [-0.25, -0.2) is 0 Å². The van der Waals surface area contributed by atoms with Crippen molar-refractivity contribution in [1.29, 1.82) is 0 Å². The molecule has 6 nitrogen and oxygen atoms in total. The van der Waals surface area contributed by atoms with Gasteiger partial charge in [-0.3, -0.25) is 4.79 Å². The van der Waals surface area contributed by atoms with E-state index >= 15 is 0 Å². The fraction of sp³-hybridized carbons (Fsp3) is 0.615. The van der Waals surface area contributed by atoms with Crippen LogP contribution < -0.4 is 5.73 Å². The highest BCUT2D eigenvalue weighted by atomic mass is 16.5. The van der Waals surface area contributed by atoms with Crippen LogP contribution in [0.2, 0.25) is 0 Å². The Bertz CT molecular complexity index is 423. The summed E-state index contributed by atoms with van der Waals surface area (Å²) < 4.78 is 5.02. The normalized spacial score (nSPS) is 10.5. The molecule has 1 aromatic heterocycles. The van der Waals surface area contributed by atoms with Crippen LogP contribution in [-0.4, -0.2) is 54.4 Å². The minimum atomic E-state index is -0.0580. The Morgan fingerprint density at radius 1 is 1.42 bits per heavy atom. The van der Waals surface area contributed by atoms with Crippen LogP contribution in [0.5, 0.6) is 0 Å². The Morgan fingerprint density at radius 2 is 2.16 bits per heavy atom. The van der Waals surface area contributed by atoms with E-state index in [4.69, 9.17) is 10.5 Å². The lowest BCUT2D eigenvalue weighted by Crippen LogP contribution is -2.38. The van der Waals surface area contributed by atoms with Crippen molar-refractivity contribution >= 4 is 5.91 Å². The molecule has 0 atom stereocenters. The second kappa shape index (κ2) is 7.81. The number of amides is 1. The van der Waals surface area contributed by atoms with Gasteiger partial charge in [-0.15, -0.1) is 0 Å². The maximum atomic E-state index is 12.5. The molecule has 6 heteroatoms. The molecule has 0 bridgehead atoms. The molecular formula is C13H22N4O2. The van der Waals surface area contributed by atoms with E-state index < -0.39 is 0 Å². The maximum Gasteiger partial charge on any atom is 0.255 e. The number of methoxy groups -OCH3 is 1. The number of rotatable bonds is 7. The average molecular weight is 266 g/mol. The van der Waals surface area contributed by atoms with Gasteiger partial charge in [-0.2, -0.15) is 10.2 Å². The number of ether oxygens (including phenoxy) is 1. The number of aromatic nitrogens is 2. The Kier molecular flexibility index (Phi) is 6.38. The summed E-state index contributed by atoms with van der Waals surface area (Å²) in [5, 5.41) is 8.07. The Labute approximate surface area is 113 Å². The molecule has 1 amide bonds. The first-order valence-corrected chi connectivity index (χ1v) is 6.45. The highest BCUT2D eigenvalue weighted by Crippen LogP contribution is 2.11. The van der Waals surface area contributed by atoms with Gasteiger partial charge in [-0.1, -0.05) is 6.92 Å². The zero-order valence-corrected chi connectivity index (χ0v) is 11.8. The SMILES string of the molecule is CCc1nnc(C)cc1C(=O)N(CCN)CCOC. The van der Waals surface area contributed by atoms with Crippen LogP contribution in [-0.2, 0) is 11.2 Å². The first kappa shape index (κ1) is 15.5. The molecule has 1 rings (SSSR count). The lowest BCUT2D eigenvalue weighted by atomic mass is 10.1. The zero-order chi connectivity index (χ0) is 14.3. The summed E-state index contributed by atoms with van der Waals surface area (Å²) in [6.45, 7) is 5.73. The van der Waals surface area contributed by atoms with Crippen molar-refractivity contribution < 1.29 is 9.53 Å². The van der Waals surface area contributed by atoms with Gasteiger partial charge in [0.25, 0.3) is 5.91 Å². The van der Waals surface area contributed by atoms with E-state index in [1.165, 1.54) is 0 Å². The average Bonchev–Trinajstić information content (AvgIpc) is 2.42. The Balaban J connectivity index is 2.97. The van der Waals surface area contributed by atoms with Gasteiger partial charge in [0.15, 0.2) is 0 Å². The van der Waals surface area contributed by atoms with Crippen LogP contribution in [0.3, 0.4) is 0 Å². The van der Waals surface area contributed by atoms with E-state index in [2.05, 4.69) is 10.2 Å². The van der Waals surface area contributed by atoms with Crippen molar-refractivity contribution in [1.82, 2.24) is 15.1 Å². The summed E-state index contributed by atoms with van der Waals surface area (Å²) in [7, 11) is 1.61. The third-order valence-corrected chi connectivity index (χ3v) is 2.81. The topological polar surface area (TPSA) is 81.3 Å². The van der Waals surface area contributed by atoms with Gasteiger partial charge in [-0.05, 0) is 19.4 Å². The molecule has 19 heavy (non-hydrogen) atoms. The molecule has 0 saturated carbocycles. The Morgan fingerprint density at radius 3 is 2.74 bits per heavy atom. The molecule has 106 valence electrons. The summed E-state index contributed by atoms with van der Waals surface area (Å²) >= 11 is 0. The molecule has 0 saturated heterocycles. The summed E-state index contributed by atoms with van der Waals surface area (Å²) in [5.74, 6) is -0.0580. The molecule has 0 aromatic carbocycles. The minimum absolute atomic E-state index is 0.0580. The van der Waals surface area contributed by atoms with Crippen molar-refractivity contribution in [3.05, 3.63) is 23.0 Å². The number of aryl methyl sites for hydroxylation is 2. The molecular weight excluding hydrogens is 244 g/mol. The molecule has 0 aliphatic rings. The van der Waals surface area contributed by atoms with E-state index in [-0.39, 0.29) is 5.91 Å². The molecule has 1 aromatic rings. The summed E-state index contributed by atoms with van der Waals surface area (Å²) in [6.07, 6.45) is 0.676.